The summed E-state index contributed by atoms with van der Waals surface area (Å²) in [7, 11) is 0. The van der Waals surface area contributed by atoms with Crippen LogP contribution in [-0.2, 0) is 11.2 Å². The molecule has 19 heavy (non-hydrogen) atoms. The highest BCUT2D eigenvalue weighted by Crippen LogP contribution is 2.17. The van der Waals surface area contributed by atoms with Crippen molar-refractivity contribution in [3.8, 4) is 0 Å². The Bertz CT molecular complexity index is 670. The molecule has 2 aromatic rings. The number of anilines is 1. The minimum Gasteiger partial charge on any atom is -0.341 e. The van der Waals surface area contributed by atoms with Gasteiger partial charge in [0.05, 0.1) is 6.42 Å². The zero-order chi connectivity index (χ0) is 14.0. The van der Waals surface area contributed by atoms with Crippen LogP contribution < -0.4 is 5.32 Å². The quantitative estimate of drug-likeness (QED) is 0.842. The Morgan fingerprint density at radius 3 is 2.63 bits per heavy atom. The van der Waals surface area contributed by atoms with Crippen LogP contribution in [0.25, 0.3) is 0 Å². The van der Waals surface area contributed by atoms with Gasteiger partial charge in [-0.05, 0) is 56.2 Å². The number of H-pyrrole nitrogens is 1. The number of thiazole rings is 1. The van der Waals surface area contributed by atoms with Gasteiger partial charge in [0.1, 0.15) is 0 Å². The fourth-order valence-corrected chi connectivity index (χ4v) is 3.07. The van der Waals surface area contributed by atoms with Gasteiger partial charge in [-0.2, -0.15) is 0 Å². The highest BCUT2D eigenvalue weighted by molar-refractivity contribution is 7.73. The first-order chi connectivity index (χ1) is 8.95. The predicted molar refractivity (Wildman–Crippen MR) is 82.5 cm³/mol. The number of carbonyl (C=O) groups is 1. The van der Waals surface area contributed by atoms with Crippen molar-refractivity contribution in [1.29, 1.82) is 0 Å². The van der Waals surface area contributed by atoms with E-state index in [2.05, 4.69) is 17.2 Å². The third kappa shape index (κ3) is 3.52. The molecule has 0 saturated carbocycles. The fraction of sp³-hybridized carbons (Fsp3) is 0.286. The van der Waals surface area contributed by atoms with E-state index < -0.39 is 0 Å². The summed E-state index contributed by atoms with van der Waals surface area (Å²) < 4.78 is 0.714. The minimum absolute atomic E-state index is 0.0170. The molecule has 100 valence electrons. The highest BCUT2D eigenvalue weighted by Gasteiger charge is 2.09. The van der Waals surface area contributed by atoms with Crippen molar-refractivity contribution in [2.24, 2.45) is 0 Å². The van der Waals surface area contributed by atoms with Crippen LogP contribution in [0.2, 0.25) is 0 Å². The van der Waals surface area contributed by atoms with Gasteiger partial charge in [-0.15, -0.1) is 11.3 Å². The summed E-state index contributed by atoms with van der Waals surface area (Å²) in [6, 6.07) is 5.92. The molecule has 0 atom stereocenters. The second-order valence-corrected chi connectivity index (χ2v) is 6.36. The molecule has 3 nitrogen and oxygen atoms in total. The van der Waals surface area contributed by atoms with Crippen LogP contribution in [0.3, 0.4) is 0 Å². The number of amides is 1. The Labute approximate surface area is 121 Å². The molecular formula is C14H16N2OS2. The topological polar surface area (TPSA) is 44.9 Å². The number of hydrogen-bond donors (Lipinski definition) is 2. The summed E-state index contributed by atoms with van der Waals surface area (Å²) in [5.74, 6) is -0.0170. The molecule has 0 aliphatic carbocycles. The van der Waals surface area contributed by atoms with E-state index in [4.69, 9.17) is 12.2 Å². The Hall–Kier alpha value is -1.46. The molecule has 1 amide bonds. The summed E-state index contributed by atoms with van der Waals surface area (Å²) in [6.45, 7) is 6.02. The maximum atomic E-state index is 12.0. The molecule has 5 heteroatoms. The summed E-state index contributed by atoms with van der Waals surface area (Å²) in [5, 5.41) is 2.91. The van der Waals surface area contributed by atoms with Crippen molar-refractivity contribution in [1.82, 2.24) is 4.98 Å². The van der Waals surface area contributed by atoms with Crippen molar-refractivity contribution in [3.05, 3.63) is 43.9 Å². The number of hydrogen-bond acceptors (Lipinski definition) is 3. The van der Waals surface area contributed by atoms with Crippen molar-refractivity contribution in [2.75, 3.05) is 5.32 Å². The SMILES string of the molecule is Cc1ccc(NC(=O)Cc2sc(=S)[nH]c2C)cc1C. The molecular weight excluding hydrogens is 276 g/mol. The van der Waals surface area contributed by atoms with E-state index in [9.17, 15) is 4.79 Å². The lowest BCUT2D eigenvalue weighted by Gasteiger charge is -2.07. The molecule has 0 aliphatic heterocycles. The Morgan fingerprint density at radius 2 is 2.05 bits per heavy atom. The van der Waals surface area contributed by atoms with Crippen LogP contribution in [-0.4, -0.2) is 10.9 Å². The maximum Gasteiger partial charge on any atom is 0.229 e. The number of benzene rings is 1. The van der Waals surface area contributed by atoms with Gasteiger partial charge >= 0.3 is 0 Å². The molecule has 0 bridgehead atoms. The number of carbonyl (C=O) groups excluding carboxylic acids is 1. The number of rotatable bonds is 3. The maximum absolute atomic E-state index is 12.0. The summed E-state index contributed by atoms with van der Waals surface area (Å²) in [6.07, 6.45) is 0.358. The average Bonchev–Trinajstić information content (AvgIpc) is 2.62. The highest BCUT2D eigenvalue weighted by atomic mass is 32.1. The average molecular weight is 292 g/mol. The summed E-state index contributed by atoms with van der Waals surface area (Å²) >= 11 is 6.52. The van der Waals surface area contributed by atoms with Crippen molar-refractivity contribution >= 4 is 35.1 Å². The third-order valence-electron chi connectivity index (χ3n) is 3.04. The second-order valence-electron chi connectivity index (χ2n) is 4.59. The zero-order valence-corrected chi connectivity index (χ0v) is 12.8. The van der Waals surface area contributed by atoms with Crippen LogP contribution >= 0.6 is 23.6 Å². The van der Waals surface area contributed by atoms with E-state index in [1.807, 2.05) is 32.0 Å². The molecule has 1 aromatic carbocycles. The van der Waals surface area contributed by atoms with Crippen LogP contribution in [0, 0.1) is 24.7 Å². The molecule has 0 saturated heterocycles. The summed E-state index contributed by atoms with van der Waals surface area (Å²) in [4.78, 5) is 16.0. The van der Waals surface area contributed by atoms with Crippen LogP contribution in [0.5, 0.6) is 0 Å². The monoisotopic (exact) mass is 292 g/mol. The number of aromatic amines is 1. The van der Waals surface area contributed by atoms with Crippen LogP contribution in [0.15, 0.2) is 18.2 Å². The predicted octanol–water partition coefficient (Wildman–Crippen LogP) is 3.91. The summed E-state index contributed by atoms with van der Waals surface area (Å²) in [5.41, 5.74) is 4.21. The number of nitrogens with one attached hydrogen (secondary N) is 2. The van der Waals surface area contributed by atoms with E-state index in [1.54, 1.807) is 0 Å². The van der Waals surface area contributed by atoms with Crippen molar-refractivity contribution in [2.45, 2.75) is 27.2 Å². The number of aryl methyl sites for hydroxylation is 3. The Morgan fingerprint density at radius 1 is 1.32 bits per heavy atom. The molecule has 2 N–H and O–H groups in total. The number of aromatic nitrogens is 1. The first-order valence-corrected chi connectivity index (χ1v) is 7.24. The second kappa shape index (κ2) is 5.67. The van der Waals surface area contributed by atoms with Gasteiger partial charge in [-0.1, -0.05) is 6.07 Å². The van der Waals surface area contributed by atoms with Gasteiger partial charge < -0.3 is 10.3 Å². The molecule has 0 aliphatic rings. The normalized spacial score (nSPS) is 10.5. The molecule has 2 rings (SSSR count). The largest absolute Gasteiger partial charge is 0.341 e. The van der Waals surface area contributed by atoms with Gasteiger partial charge in [0, 0.05) is 16.3 Å². The van der Waals surface area contributed by atoms with Crippen LogP contribution in [0.4, 0.5) is 5.69 Å². The lowest BCUT2D eigenvalue weighted by Crippen LogP contribution is -2.14. The van der Waals surface area contributed by atoms with E-state index >= 15 is 0 Å². The van der Waals surface area contributed by atoms with E-state index in [0.29, 0.717) is 10.4 Å². The van der Waals surface area contributed by atoms with Crippen LogP contribution in [0.1, 0.15) is 21.7 Å². The van der Waals surface area contributed by atoms with Gasteiger partial charge in [-0.3, -0.25) is 4.79 Å². The van der Waals surface area contributed by atoms with Crippen molar-refractivity contribution in [3.63, 3.8) is 0 Å². The van der Waals surface area contributed by atoms with E-state index in [-0.39, 0.29) is 5.91 Å². The Kier molecular flexibility index (Phi) is 4.17. The van der Waals surface area contributed by atoms with Gasteiger partial charge in [0.25, 0.3) is 0 Å². The van der Waals surface area contributed by atoms with E-state index in [0.717, 1.165) is 16.3 Å². The van der Waals surface area contributed by atoms with E-state index in [1.165, 1.54) is 22.5 Å². The molecule has 1 aromatic heterocycles. The Balaban J connectivity index is 2.07. The zero-order valence-electron chi connectivity index (χ0n) is 11.2. The lowest BCUT2D eigenvalue weighted by atomic mass is 10.1. The molecule has 0 radical (unpaired) electrons. The first-order valence-electron chi connectivity index (χ1n) is 6.01. The smallest absolute Gasteiger partial charge is 0.229 e. The fourth-order valence-electron chi connectivity index (χ4n) is 1.78. The lowest BCUT2D eigenvalue weighted by molar-refractivity contribution is -0.115. The van der Waals surface area contributed by atoms with Crippen molar-refractivity contribution < 1.29 is 4.79 Å². The molecule has 0 spiro atoms. The van der Waals surface area contributed by atoms with Gasteiger partial charge in [0.2, 0.25) is 5.91 Å². The van der Waals surface area contributed by atoms with Gasteiger partial charge in [0.15, 0.2) is 3.95 Å². The molecule has 0 unspecified atom stereocenters. The molecule has 0 fully saturated rings. The minimum atomic E-state index is -0.0170. The van der Waals surface area contributed by atoms with Gasteiger partial charge in [-0.25, -0.2) is 0 Å². The first kappa shape index (κ1) is 14.0. The standard InChI is InChI=1S/C14H16N2OS2/c1-8-4-5-11(6-9(8)2)16-13(17)7-12-10(3)15-14(18)19-12/h4-6H,7H2,1-3H3,(H,15,18)(H,16,17). The molecule has 1 heterocycles. The third-order valence-corrected chi connectivity index (χ3v) is 4.37.